The lowest BCUT2D eigenvalue weighted by Crippen LogP contribution is -2.14. The monoisotopic (exact) mass is 358 g/mol. The maximum absolute atomic E-state index is 10.1. The third kappa shape index (κ3) is 3.35. The van der Waals surface area contributed by atoms with Crippen molar-refractivity contribution in [2.45, 2.75) is 12.8 Å². The van der Waals surface area contributed by atoms with Crippen LogP contribution in [0.3, 0.4) is 0 Å². The van der Waals surface area contributed by atoms with E-state index in [0.29, 0.717) is 35.8 Å². The van der Waals surface area contributed by atoms with E-state index in [1.165, 1.54) is 14.2 Å². The number of methoxy groups -OCH3 is 3. The van der Waals surface area contributed by atoms with Crippen molar-refractivity contribution in [1.82, 2.24) is 0 Å². The van der Waals surface area contributed by atoms with Crippen LogP contribution in [-0.4, -0.2) is 38.1 Å². The van der Waals surface area contributed by atoms with Crippen molar-refractivity contribution in [2.24, 2.45) is 0 Å². The van der Waals surface area contributed by atoms with Gasteiger partial charge in [0.1, 0.15) is 18.1 Å². The summed E-state index contributed by atoms with van der Waals surface area (Å²) in [6.45, 7) is 0.0674. The zero-order valence-electron chi connectivity index (χ0n) is 15.0. The van der Waals surface area contributed by atoms with Gasteiger partial charge in [-0.05, 0) is 42.2 Å². The number of hydrogen-bond acceptors (Lipinski definition) is 6. The zero-order chi connectivity index (χ0) is 18.7. The van der Waals surface area contributed by atoms with Gasteiger partial charge in [-0.15, -0.1) is 0 Å². The molecule has 6 nitrogen and oxygen atoms in total. The summed E-state index contributed by atoms with van der Waals surface area (Å²) in [7, 11) is 4.65. The lowest BCUT2D eigenvalue weighted by Gasteiger charge is -2.23. The number of fused-ring (bicyclic) bond motifs is 1. The molecule has 3 rings (SSSR count). The Kier molecular flexibility index (Phi) is 5.11. The first-order chi connectivity index (χ1) is 12.6. The molecule has 0 saturated carbocycles. The van der Waals surface area contributed by atoms with E-state index in [2.05, 4.69) is 0 Å². The van der Waals surface area contributed by atoms with Crippen LogP contribution in [0.5, 0.6) is 23.0 Å². The van der Waals surface area contributed by atoms with Crippen LogP contribution in [0.25, 0.3) is 5.76 Å². The Labute approximate surface area is 152 Å². The molecule has 0 aliphatic carbocycles. The minimum absolute atomic E-state index is 0.0673. The molecule has 0 radical (unpaired) electrons. The first kappa shape index (κ1) is 17.8. The van der Waals surface area contributed by atoms with Crippen LogP contribution in [0, 0.1) is 0 Å². The molecule has 2 aromatic rings. The van der Waals surface area contributed by atoms with E-state index in [-0.39, 0.29) is 18.1 Å². The van der Waals surface area contributed by atoms with Crippen LogP contribution in [0.1, 0.15) is 16.7 Å². The highest BCUT2D eigenvalue weighted by atomic mass is 16.5. The van der Waals surface area contributed by atoms with Crippen LogP contribution in [-0.2, 0) is 17.6 Å². The highest BCUT2D eigenvalue weighted by molar-refractivity contribution is 5.73. The molecule has 2 aromatic carbocycles. The van der Waals surface area contributed by atoms with Crippen molar-refractivity contribution < 1.29 is 29.2 Å². The van der Waals surface area contributed by atoms with Crippen LogP contribution in [0.2, 0.25) is 0 Å². The summed E-state index contributed by atoms with van der Waals surface area (Å²) in [5.74, 6) is 2.34. The highest BCUT2D eigenvalue weighted by Gasteiger charge is 2.25. The number of aromatic hydroxyl groups is 1. The summed E-state index contributed by atoms with van der Waals surface area (Å²) >= 11 is 0. The lowest BCUT2D eigenvalue weighted by molar-refractivity contribution is 0.236. The Morgan fingerprint density at radius 3 is 2.46 bits per heavy atom. The Balaban J connectivity index is 1.95. The van der Waals surface area contributed by atoms with Gasteiger partial charge in [-0.3, -0.25) is 0 Å². The van der Waals surface area contributed by atoms with Crippen LogP contribution < -0.4 is 14.2 Å². The van der Waals surface area contributed by atoms with Gasteiger partial charge in [0.2, 0.25) is 0 Å². The average Bonchev–Trinajstić information content (AvgIpc) is 2.66. The van der Waals surface area contributed by atoms with E-state index < -0.39 is 0 Å². The topological polar surface area (TPSA) is 77.4 Å². The summed E-state index contributed by atoms with van der Waals surface area (Å²) in [6, 6.07) is 8.98. The van der Waals surface area contributed by atoms with Crippen molar-refractivity contribution >= 4 is 5.76 Å². The fourth-order valence-corrected chi connectivity index (χ4v) is 3.06. The third-order valence-corrected chi connectivity index (χ3v) is 4.38. The van der Waals surface area contributed by atoms with E-state index >= 15 is 0 Å². The first-order valence-electron chi connectivity index (χ1n) is 8.23. The molecule has 138 valence electrons. The van der Waals surface area contributed by atoms with Crippen LogP contribution >= 0.6 is 0 Å². The highest BCUT2D eigenvalue weighted by Crippen LogP contribution is 2.39. The molecule has 6 heteroatoms. The number of hydrogen-bond donors (Lipinski definition) is 2. The smallest absolute Gasteiger partial charge is 0.173 e. The van der Waals surface area contributed by atoms with Gasteiger partial charge in [-0.25, -0.2) is 0 Å². The van der Waals surface area contributed by atoms with Gasteiger partial charge in [-0.2, -0.15) is 0 Å². The van der Waals surface area contributed by atoms with E-state index in [4.69, 9.17) is 18.9 Å². The fraction of sp³-hybridized carbons (Fsp3) is 0.300. The van der Waals surface area contributed by atoms with Gasteiger partial charge < -0.3 is 29.2 Å². The summed E-state index contributed by atoms with van der Waals surface area (Å²) < 4.78 is 21.6. The number of rotatable bonds is 6. The van der Waals surface area contributed by atoms with Gasteiger partial charge in [-0.1, -0.05) is 6.07 Å². The minimum atomic E-state index is 0.0673. The summed E-state index contributed by atoms with van der Waals surface area (Å²) in [5, 5.41) is 19.8. The fourth-order valence-electron chi connectivity index (χ4n) is 3.06. The normalized spacial score (nSPS) is 13.0. The molecule has 0 unspecified atom stereocenters. The molecular weight excluding hydrogens is 336 g/mol. The van der Waals surface area contributed by atoms with E-state index in [9.17, 15) is 10.2 Å². The van der Waals surface area contributed by atoms with E-state index in [0.717, 1.165) is 16.7 Å². The molecule has 0 aromatic heterocycles. The Hall–Kier alpha value is -3.02. The third-order valence-electron chi connectivity index (χ3n) is 4.38. The molecule has 2 N–H and O–H groups in total. The number of phenolic OH excluding ortho intramolecular Hbond substituents is 1. The first-order valence-corrected chi connectivity index (χ1v) is 8.23. The number of aliphatic hydroxyl groups excluding tert-OH is 1. The zero-order valence-corrected chi connectivity index (χ0v) is 15.0. The van der Waals surface area contributed by atoms with E-state index in [1.807, 2.05) is 18.2 Å². The van der Waals surface area contributed by atoms with Gasteiger partial charge >= 0.3 is 0 Å². The predicted molar refractivity (Wildman–Crippen MR) is 97.1 cm³/mol. The summed E-state index contributed by atoms with van der Waals surface area (Å²) in [6.07, 6.45) is 1.37. The molecule has 0 saturated heterocycles. The second-order valence-electron chi connectivity index (χ2n) is 5.93. The van der Waals surface area contributed by atoms with Gasteiger partial charge in [0, 0.05) is 6.07 Å². The Morgan fingerprint density at radius 1 is 0.962 bits per heavy atom. The van der Waals surface area contributed by atoms with Crippen molar-refractivity contribution in [2.75, 3.05) is 27.9 Å². The largest absolute Gasteiger partial charge is 0.505 e. The standard InChI is InChI=1S/C20H22O6/c1-23-14-9-13(6-4-12-5-7-15(21)17(8-12)24-2)19-18(10-14)26-11-16(22)20(19)25-3/h5,7-10,21-22H,4,6,11H2,1-3H3. The van der Waals surface area contributed by atoms with Gasteiger partial charge in [0.25, 0.3) is 0 Å². The maximum atomic E-state index is 10.1. The number of phenols is 1. The molecule has 0 spiro atoms. The summed E-state index contributed by atoms with van der Waals surface area (Å²) in [5.41, 5.74) is 2.69. The molecule has 26 heavy (non-hydrogen) atoms. The average molecular weight is 358 g/mol. The molecule has 0 bridgehead atoms. The summed E-state index contributed by atoms with van der Waals surface area (Å²) in [4.78, 5) is 0. The molecular formula is C20H22O6. The SMILES string of the molecule is COC1=C(O)COc2cc(OC)cc(CCc3ccc(O)c(OC)c3)c21. The van der Waals surface area contributed by atoms with Crippen molar-refractivity contribution in [3.8, 4) is 23.0 Å². The Bertz CT molecular complexity index is 840. The maximum Gasteiger partial charge on any atom is 0.173 e. The molecule has 1 aliphatic rings. The predicted octanol–water partition coefficient (Wildman–Crippen LogP) is 3.46. The van der Waals surface area contributed by atoms with E-state index in [1.54, 1.807) is 19.2 Å². The second-order valence-corrected chi connectivity index (χ2v) is 5.93. The minimum Gasteiger partial charge on any atom is -0.505 e. The molecule has 1 aliphatic heterocycles. The van der Waals surface area contributed by atoms with Crippen LogP contribution in [0.15, 0.2) is 36.1 Å². The lowest BCUT2D eigenvalue weighted by atomic mass is 9.96. The van der Waals surface area contributed by atoms with Crippen molar-refractivity contribution in [3.05, 3.63) is 52.8 Å². The molecule has 1 heterocycles. The van der Waals surface area contributed by atoms with Gasteiger partial charge in [0.05, 0.1) is 26.9 Å². The van der Waals surface area contributed by atoms with Crippen molar-refractivity contribution in [1.29, 1.82) is 0 Å². The van der Waals surface area contributed by atoms with Gasteiger partial charge in [0.15, 0.2) is 23.0 Å². The molecule has 0 amide bonds. The van der Waals surface area contributed by atoms with Crippen molar-refractivity contribution in [3.63, 3.8) is 0 Å². The Morgan fingerprint density at radius 2 is 1.77 bits per heavy atom. The quantitative estimate of drug-likeness (QED) is 0.823. The number of benzene rings is 2. The molecule has 0 atom stereocenters. The number of ether oxygens (including phenoxy) is 4. The second kappa shape index (κ2) is 7.47. The number of aryl methyl sites for hydroxylation is 2. The number of aliphatic hydroxyl groups is 1. The molecule has 0 fully saturated rings. The van der Waals surface area contributed by atoms with Crippen LogP contribution in [0.4, 0.5) is 0 Å².